The van der Waals surface area contributed by atoms with Gasteiger partial charge in [0.1, 0.15) is 11.6 Å². The maximum atomic E-state index is 12.7. The summed E-state index contributed by atoms with van der Waals surface area (Å²) in [7, 11) is 0. The minimum absolute atomic E-state index is 0.126. The summed E-state index contributed by atoms with van der Waals surface area (Å²) in [5.74, 6) is 0.145. The number of hydrogen-bond donors (Lipinski definition) is 2. The number of hydrogen-bond acceptors (Lipinski definition) is 3. The number of ether oxygens (including phenoxy) is 1. The van der Waals surface area contributed by atoms with E-state index in [0.717, 1.165) is 0 Å². The van der Waals surface area contributed by atoms with E-state index in [1.165, 1.54) is 12.1 Å². The van der Waals surface area contributed by atoms with Gasteiger partial charge < -0.3 is 15.2 Å². The monoisotopic (exact) mass is 283 g/mol. The molecule has 0 bridgehead atoms. The largest absolute Gasteiger partial charge is 0.494 e. The standard InChI is InChI=1S/C15H22FNO3/c1-11(18)15(2,3)17-14(19)5-4-10-20-13-8-6-12(16)7-9-13/h6-9,11,18H,4-5,10H2,1-3H3,(H,17,19). The summed E-state index contributed by atoms with van der Waals surface area (Å²) in [4.78, 5) is 11.7. The molecule has 5 heteroatoms. The summed E-state index contributed by atoms with van der Waals surface area (Å²) in [5, 5.41) is 12.3. The normalized spacial score (nSPS) is 12.8. The Morgan fingerprint density at radius 1 is 1.40 bits per heavy atom. The van der Waals surface area contributed by atoms with Crippen molar-refractivity contribution in [2.45, 2.75) is 45.3 Å². The van der Waals surface area contributed by atoms with Crippen molar-refractivity contribution in [3.05, 3.63) is 30.1 Å². The highest BCUT2D eigenvalue weighted by Crippen LogP contribution is 2.12. The molecular weight excluding hydrogens is 261 g/mol. The minimum atomic E-state index is -0.644. The second kappa shape index (κ2) is 7.24. The van der Waals surface area contributed by atoms with Crippen LogP contribution in [0.25, 0.3) is 0 Å². The number of aliphatic hydroxyl groups is 1. The Labute approximate surface area is 119 Å². The van der Waals surface area contributed by atoms with E-state index in [1.54, 1.807) is 32.9 Å². The zero-order valence-electron chi connectivity index (χ0n) is 12.1. The van der Waals surface area contributed by atoms with E-state index in [-0.39, 0.29) is 11.7 Å². The van der Waals surface area contributed by atoms with Crippen molar-refractivity contribution in [2.75, 3.05) is 6.61 Å². The number of carbonyl (C=O) groups is 1. The van der Waals surface area contributed by atoms with Gasteiger partial charge in [-0.05, 0) is 51.5 Å². The molecule has 1 rings (SSSR count). The predicted octanol–water partition coefficient (Wildman–Crippen LogP) is 2.26. The van der Waals surface area contributed by atoms with E-state index in [1.807, 2.05) is 0 Å². The van der Waals surface area contributed by atoms with Crippen LogP contribution in [0, 0.1) is 5.82 Å². The SMILES string of the molecule is CC(O)C(C)(C)NC(=O)CCCOc1ccc(F)cc1. The van der Waals surface area contributed by atoms with Gasteiger partial charge in [-0.15, -0.1) is 0 Å². The smallest absolute Gasteiger partial charge is 0.220 e. The maximum absolute atomic E-state index is 12.7. The highest BCUT2D eigenvalue weighted by molar-refractivity contribution is 5.76. The van der Waals surface area contributed by atoms with Gasteiger partial charge in [0, 0.05) is 6.42 Å². The van der Waals surface area contributed by atoms with Gasteiger partial charge in [-0.25, -0.2) is 4.39 Å². The van der Waals surface area contributed by atoms with Crippen molar-refractivity contribution in [1.29, 1.82) is 0 Å². The maximum Gasteiger partial charge on any atom is 0.220 e. The molecule has 1 aromatic rings. The molecule has 0 heterocycles. The summed E-state index contributed by atoms with van der Waals surface area (Å²) in [6.45, 7) is 5.56. The van der Waals surface area contributed by atoms with Crippen LogP contribution in [0.15, 0.2) is 24.3 Å². The van der Waals surface area contributed by atoms with Crippen LogP contribution in [0.4, 0.5) is 4.39 Å². The third-order valence-electron chi connectivity index (χ3n) is 3.14. The second-order valence-corrected chi connectivity index (χ2v) is 5.35. The van der Waals surface area contributed by atoms with Crippen LogP contribution in [0.5, 0.6) is 5.75 Å². The van der Waals surface area contributed by atoms with Crippen LogP contribution in [-0.2, 0) is 4.79 Å². The number of amides is 1. The van der Waals surface area contributed by atoms with Crippen LogP contribution >= 0.6 is 0 Å². The zero-order chi connectivity index (χ0) is 15.2. The molecule has 1 amide bonds. The molecule has 0 aliphatic heterocycles. The van der Waals surface area contributed by atoms with E-state index in [9.17, 15) is 14.3 Å². The van der Waals surface area contributed by atoms with E-state index >= 15 is 0 Å². The van der Waals surface area contributed by atoms with E-state index < -0.39 is 11.6 Å². The number of halogens is 1. The Morgan fingerprint density at radius 2 is 2.00 bits per heavy atom. The van der Waals surface area contributed by atoms with Gasteiger partial charge >= 0.3 is 0 Å². The fraction of sp³-hybridized carbons (Fsp3) is 0.533. The van der Waals surface area contributed by atoms with Crippen LogP contribution in [0.2, 0.25) is 0 Å². The number of aliphatic hydroxyl groups excluding tert-OH is 1. The summed E-state index contributed by atoms with van der Waals surface area (Å²) in [6, 6.07) is 5.75. The van der Waals surface area contributed by atoms with E-state index in [4.69, 9.17) is 4.74 Å². The quantitative estimate of drug-likeness (QED) is 0.755. The lowest BCUT2D eigenvalue weighted by Gasteiger charge is -2.29. The van der Waals surface area contributed by atoms with Crippen LogP contribution in [-0.4, -0.2) is 29.3 Å². The van der Waals surface area contributed by atoms with Crippen LogP contribution in [0.3, 0.4) is 0 Å². The lowest BCUT2D eigenvalue weighted by atomic mass is 9.98. The molecule has 1 unspecified atom stereocenters. The molecular formula is C15H22FNO3. The first-order valence-corrected chi connectivity index (χ1v) is 6.69. The summed E-state index contributed by atoms with van der Waals surface area (Å²) < 4.78 is 18.1. The average molecular weight is 283 g/mol. The molecule has 0 aromatic heterocycles. The number of nitrogens with one attached hydrogen (secondary N) is 1. The van der Waals surface area contributed by atoms with E-state index in [0.29, 0.717) is 25.2 Å². The third kappa shape index (κ3) is 5.57. The summed E-state index contributed by atoms with van der Waals surface area (Å²) in [6.07, 6.45) is 0.248. The topological polar surface area (TPSA) is 58.6 Å². The molecule has 1 atom stereocenters. The second-order valence-electron chi connectivity index (χ2n) is 5.35. The van der Waals surface area contributed by atoms with Gasteiger partial charge in [0.05, 0.1) is 18.2 Å². The van der Waals surface area contributed by atoms with Gasteiger partial charge in [0.15, 0.2) is 0 Å². The molecule has 0 saturated heterocycles. The van der Waals surface area contributed by atoms with Gasteiger partial charge in [-0.2, -0.15) is 0 Å². The Bertz CT molecular complexity index is 429. The first kappa shape index (κ1) is 16.4. The van der Waals surface area contributed by atoms with Gasteiger partial charge in [-0.1, -0.05) is 0 Å². The summed E-state index contributed by atoms with van der Waals surface area (Å²) in [5.41, 5.74) is -0.644. The number of carbonyl (C=O) groups excluding carboxylic acids is 1. The lowest BCUT2D eigenvalue weighted by molar-refractivity contribution is -0.124. The van der Waals surface area contributed by atoms with Crippen molar-refractivity contribution in [3.63, 3.8) is 0 Å². The molecule has 2 N–H and O–H groups in total. The molecule has 0 radical (unpaired) electrons. The van der Waals surface area contributed by atoms with Gasteiger partial charge in [0.2, 0.25) is 5.91 Å². The van der Waals surface area contributed by atoms with Gasteiger partial charge in [-0.3, -0.25) is 4.79 Å². The molecule has 112 valence electrons. The molecule has 0 fully saturated rings. The molecule has 0 spiro atoms. The molecule has 1 aromatic carbocycles. The Balaban J connectivity index is 2.24. The van der Waals surface area contributed by atoms with Crippen molar-refractivity contribution in [2.24, 2.45) is 0 Å². The van der Waals surface area contributed by atoms with Crippen molar-refractivity contribution >= 4 is 5.91 Å². The Hall–Kier alpha value is -1.62. The van der Waals surface area contributed by atoms with Crippen LogP contribution in [0.1, 0.15) is 33.6 Å². The van der Waals surface area contributed by atoms with Crippen molar-refractivity contribution < 1.29 is 19.0 Å². The van der Waals surface area contributed by atoms with E-state index in [2.05, 4.69) is 5.32 Å². The summed E-state index contributed by atoms with van der Waals surface area (Å²) >= 11 is 0. The average Bonchev–Trinajstić information content (AvgIpc) is 2.36. The Kier molecular flexibility index (Phi) is 5.95. The molecule has 0 aliphatic carbocycles. The third-order valence-corrected chi connectivity index (χ3v) is 3.14. The lowest BCUT2D eigenvalue weighted by Crippen LogP contribution is -2.50. The highest BCUT2D eigenvalue weighted by Gasteiger charge is 2.25. The number of benzene rings is 1. The molecule has 0 saturated carbocycles. The molecule has 4 nitrogen and oxygen atoms in total. The molecule has 20 heavy (non-hydrogen) atoms. The Morgan fingerprint density at radius 3 is 2.55 bits per heavy atom. The first-order valence-electron chi connectivity index (χ1n) is 6.69. The minimum Gasteiger partial charge on any atom is -0.494 e. The first-order chi connectivity index (χ1) is 9.31. The van der Waals surface area contributed by atoms with Crippen molar-refractivity contribution in [3.8, 4) is 5.75 Å². The van der Waals surface area contributed by atoms with Gasteiger partial charge in [0.25, 0.3) is 0 Å². The zero-order valence-corrected chi connectivity index (χ0v) is 12.1. The highest BCUT2D eigenvalue weighted by atomic mass is 19.1. The predicted molar refractivity (Wildman–Crippen MR) is 75.0 cm³/mol. The van der Waals surface area contributed by atoms with Crippen molar-refractivity contribution in [1.82, 2.24) is 5.32 Å². The fourth-order valence-corrected chi connectivity index (χ4v) is 1.48. The fourth-order valence-electron chi connectivity index (χ4n) is 1.48. The molecule has 0 aliphatic rings. The van der Waals surface area contributed by atoms with Crippen LogP contribution < -0.4 is 10.1 Å². The number of rotatable bonds is 7.